The van der Waals surface area contributed by atoms with Crippen molar-refractivity contribution in [3.05, 3.63) is 30.3 Å². The van der Waals surface area contributed by atoms with Gasteiger partial charge in [-0.25, -0.2) is 8.42 Å². The van der Waals surface area contributed by atoms with Crippen LogP contribution in [0.2, 0.25) is 0 Å². The fourth-order valence-electron chi connectivity index (χ4n) is 2.41. The molecule has 0 radical (unpaired) electrons. The number of nitrogens with zero attached hydrogens (tertiary/aromatic N) is 1. The molecule has 0 spiro atoms. The van der Waals surface area contributed by atoms with Gasteiger partial charge in [0.15, 0.2) is 0 Å². The lowest BCUT2D eigenvalue weighted by Crippen LogP contribution is -2.53. The number of hydrogen-bond acceptors (Lipinski definition) is 5. The molecule has 1 aliphatic heterocycles. The quantitative estimate of drug-likeness (QED) is 0.690. The van der Waals surface area contributed by atoms with Crippen LogP contribution in [-0.2, 0) is 24.3 Å². The number of carbonyl (C=O) groups is 2. The molecule has 2 N–H and O–H groups in total. The zero-order chi connectivity index (χ0) is 18.3. The lowest BCUT2D eigenvalue weighted by atomic mass is 10.3. The smallest absolute Gasteiger partial charge is 0.309 e. The van der Waals surface area contributed by atoms with Crippen molar-refractivity contribution >= 4 is 21.8 Å². The van der Waals surface area contributed by atoms with Gasteiger partial charge >= 0.3 is 11.8 Å². The molecule has 1 fully saturated rings. The molecular formula is C16H23N3O5S. The number of ether oxygens (including phenoxy) is 1. The van der Waals surface area contributed by atoms with Crippen molar-refractivity contribution in [1.82, 2.24) is 14.9 Å². The van der Waals surface area contributed by atoms with Gasteiger partial charge in [0, 0.05) is 13.1 Å². The summed E-state index contributed by atoms with van der Waals surface area (Å²) in [5.74, 6) is -1.55. The average Bonchev–Trinajstić information content (AvgIpc) is 2.65. The van der Waals surface area contributed by atoms with E-state index in [9.17, 15) is 18.0 Å². The lowest BCUT2D eigenvalue weighted by molar-refractivity contribution is -0.140. The maximum atomic E-state index is 12.8. The Labute approximate surface area is 147 Å². The van der Waals surface area contributed by atoms with Gasteiger partial charge in [0.2, 0.25) is 10.0 Å². The van der Waals surface area contributed by atoms with Crippen LogP contribution in [0.25, 0.3) is 0 Å². The van der Waals surface area contributed by atoms with Crippen LogP contribution in [0.5, 0.6) is 0 Å². The molecule has 0 bridgehead atoms. The predicted molar refractivity (Wildman–Crippen MR) is 91.0 cm³/mol. The Hall–Kier alpha value is -1.97. The van der Waals surface area contributed by atoms with Crippen LogP contribution >= 0.6 is 0 Å². The third kappa shape index (κ3) is 5.00. The molecular weight excluding hydrogens is 346 g/mol. The highest BCUT2D eigenvalue weighted by molar-refractivity contribution is 7.89. The highest BCUT2D eigenvalue weighted by atomic mass is 32.2. The zero-order valence-electron chi connectivity index (χ0n) is 14.1. The maximum Gasteiger partial charge on any atom is 0.309 e. The standard InChI is InChI=1S/C16H23N3O5S/c1-2-9-17-15(20)16(21)18-12-14-19(10-6-11-24-14)25(22,23)13-7-4-3-5-8-13/h3-5,7-8,14H,2,6,9-12H2,1H3,(H,17,20)(H,18,21). The van der Waals surface area contributed by atoms with E-state index < -0.39 is 28.1 Å². The minimum absolute atomic E-state index is 0.0928. The van der Waals surface area contributed by atoms with Crippen LogP contribution in [0, 0.1) is 0 Å². The van der Waals surface area contributed by atoms with E-state index in [-0.39, 0.29) is 11.4 Å². The van der Waals surface area contributed by atoms with Gasteiger partial charge in [-0.2, -0.15) is 4.31 Å². The number of carbonyl (C=O) groups excluding carboxylic acids is 2. The molecule has 1 unspecified atom stereocenters. The van der Waals surface area contributed by atoms with Gasteiger partial charge in [-0.3, -0.25) is 9.59 Å². The van der Waals surface area contributed by atoms with E-state index in [1.807, 2.05) is 6.92 Å². The molecule has 138 valence electrons. The summed E-state index contributed by atoms with van der Waals surface area (Å²) in [6.45, 7) is 2.87. The largest absolute Gasteiger partial charge is 0.360 e. The molecule has 1 aromatic rings. The third-order valence-corrected chi connectivity index (χ3v) is 5.59. The van der Waals surface area contributed by atoms with Crippen molar-refractivity contribution in [1.29, 1.82) is 0 Å². The van der Waals surface area contributed by atoms with E-state index in [2.05, 4.69) is 10.6 Å². The fraction of sp³-hybridized carbons (Fsp3) is 0.500. The molecule has 0 aliphatic carbocycles. The number of rotatable bonds is 6. The Bertz CT molecular complexity index is 693. The van der Waals surface area contributed by atoms with Crippen molar-refractivity contribution in [2.24, 2.45) is 0 Å². The molecule has 1 atom stereocenters. The summed E-state index contributed by atoms with van der Waals surface area (Å²) in [7, 11) is -3.74. The van der Waals surface area contributed by atoms with Gasteiger partial charge in [0.1, 0.15) is 6.23 Å². The molecule has 25 heavy (non-hydrogen) atoms. The lowest BCUT2D eigenvalue weighted by Gasteiger charge is -2.34. The van der Waals surface area contributed by atoms with Crippen molar-refractivity contribution in [2.45, 2.75) is 30.9 Å². The number of nitrogens with one attached hydrogen (secondary N) is 2. The third-order valence-electron chi connectivity index (χ3n) is 3.68. The average molecular weight is 369 g/mol. The number of amides is 2. The minimum Gasteiger partial charge on any atom is -0.360 e. The summed E-state index contributed by atoms with van der Waals surface area (Å²) in [4.78, 5) is 23.5. The molecule has 2 rings (SSSR count). The summed E-state index contributed by atoms with van der Waals surface area (Å²) >= 11 is 0. The molecule has 8 nitrogen and oxygen atoms in total. The Morgan fingerprint density at radius 3 is 2.56 bits per heavy atom. The predicted octanol–water partition coefficient (Wildman–Crippen LogP) is 0.0661. The Morgan fingerprint density at radius 1 is 1.20 bits per heavy atom. The highest BCUT2D eigenvalue weighted by Crippen LogP contribution is 2.21. The summed E-state index contributed by atoms with van der Waals surface area (Å²) in [5.41, 5.74) is 0. The maximum absolute atomic E-state index is 12.8. The monoisotopic (exact) mass is 369 g/mol. The number of hydrogen-bond donors (Lipinski definition) is 2. The second-order valence-electron chi connectivity index (χ2n) is 5.57. The molecule has 1 saturated heterocycles. The van der Waals surface area contributed by atoms with Gasteiger partial charge in [-0.1, -0.05) is 25.1 Å². The first-order valence-electron chi connectivity index (χ1n) is 8.21. The molecule has 2 amide bonds. The molecule has 9 heteroatoms. The van der Waals surface area contributed by atoms with Crippen molar-refractivity contribution in [2.75, 3.05) is 26.2 Å². The van der Waals surface area contributed by atoms with Crippen LogP contribution in [0.4, 0.5) is 0 Å². The van der Waals surface area contributed by atoms with Crippen LogP contribution in [0.15, 0.2) is 35.2 Å². The van der Waals surface area contributed by atoms with Crippen molar-refractivity contribution in [3.63, 3.8) is 0 Å². The van der Waals surface area contributed by atoms with Crippen LogP contribution in [0.1, 0.15) is 19.8 Å². The van der Waals surface area contributed by atoms with Crippen molar-refractivity contribution in [3.8, 4) is 0 Å². The first-order valence-corrected chi connectivity index (χ1v) is 9.65. The van der Waals surface area contributed by atoms with E-state index >= 15 is 0 Å². The SMILES string of the molecule is CCCNC(=O)C(=O)NCC1OCCCN1S(=O)(=O)c1ccccc1. The van der Waals surface area contributed by atoms with Crippen LogP contribution < -0.4 is 10.6 Å². The van der Waals surface area contributed by atoms with E-state index in [1.165, 1.54) is 16.4 Å². The minimum atomic E-state index is -3.74. The van der Waals surface area contributed by atoms with Gasteiger partial charge in [-0.05, 0) is 25.0 Å². The van der Waals surface area contributed by atoms with E-state index in [0.717, 1.165) is 0 Å². The fourth-order valence-corrected chi connectivity index (χ4v) is 4.00. The highest BCUT2D eigenvalue weighted by Gasteiger charge is 2.34. The Kier molecular flexibility index (Phi) is 6.91. The topological polar surface area (TPSA) is 105 Å². The first-order chi connectivity index (χ1) is 12.0. The van der Waals surface area contributed by atoms with E-state index in [1.54, 1.807) is 18.2 Å². The Balaban J connectivity index is 2.03. The zero-order valence-corrected chi connectivity index (χ0v) is 14.9. The molecule has 0 aromatic heterocycles. The molecule has 1 aromatic carbocycles. The second-order valence-corrected chi connectivity index (χ2v) is 7.46. The van der Waals surface area contributed by atoms with E-state index in [0.29, 0.717) is 32.5 Å². The summed E-state index contributed by atoms with van der Waals surface area (Å²) in [5, 5.41) is 4.90. The van der Waals surface area contributed by atoms with Gasteiger partial charge in [-0.15, -0.1) is 0 Å². The van der Waals surface area contributed by atoms with Gasteiger partial charge in [0.05, 0.1) is 18.0 Å². The summed E-state index contributed by atoms with van der Waals surface area (Å²) < 4.78 is 32.3. The van der Waals surface area contributed by atoms with Crippen LogP contribution in [0.3, 0.4) is 0 Å². The molecule has 0 saturated carbocycles. The Morgan fingerprint density at radius 2 is 1.88 bits per heavy atom. The number of sulfonamides is 1. The van der Waals surface area contributed by atoms with Crippen LogP contribution in [-0.4, -0.2) is 57.0 Å². The summed E-state index contributed by atoms with van der Waals surface area (Å²) in [6.07, 6.45) is 0.434. The number of benzene rings is 1. The molecule has 1 heterocycles. The second kappa shape index (κ2) is 8.93. The first kappa shape index (κ1) is 19.4. The normalized spacial score (nSPS) is 18.5. The molecule has 1 aliphatic rings. The van der Waals surface area contributed by atoms with Crippen molar-refractivity contribution < 1.29 is 22.7 Å². The summed E-state index contributed by atoms with van der Waals surface area (Å²) in [6, 6.07) is 8.05. The van der Waals surface area contributed by atoms with Gasteiger partial charge < -0.3 is 15.4 Å². The van der Waals surface area contributed by atoms with Gasteiger partial charge in [0.25, 0.3) is 0 Å². The van der Waals surface area contributed by atoms with E-state index in [4.69, 9.17) is 4.74 Å².